The fourth-order valence-corrected chi connectivity index (χ4v) is 3.58. The van der Waals surface area contributed by atoms with Crippen LogP contribution in [-0.2, 0) is 4.79 Å². The van der Waals surface area contributed by atoms with Gasteiger partial charge in [-0.15, -0.1) is 26.3 Å². The topological polar surface area (TPSA) is 77.8 Å². The van der Waals surface area contributed by atoms with Crippen LogP contribution in [0.5, 0.6) is 11.5 Å². The molecule has 3 aromatic carbocycles. The van der Waals surface area contributed by atoms with Gasteiger partial charge in [0.25, 0.3) is 5.78 Å². The molecular formula is C24H13F6NO5. The van der Waals surface area contributed by atoms with Gasteiger partial charge < -0.3 is 19.1 Å². The zero-order valence-corrected chi connectivity index (χ0v) is 17.7. The van der Waals surface area contributed by atoms with Crippen LogP contribution in [0.1, 0.15) is 10.4 Å². The maximum absolute atomic E-state index is 12.4. The van der Waals surface area contributed by atoms with Gasteiger partial charge in [0.1, 0.15) is 11.5 Å². The van der Waals surface area contributed by atoms with E-state index in [2.05, 4.69) is 9.47 Å². The fraction of sp³-hybridized carbons (Fsp3) is 0.0833. The Kier molecular flexibility index (Phi) is 6.12. The molecule has 0 atom stereocenters. The second kappa shape index (κ2) is 8.95. The highest BCUT2D eigenvalue weighted by Gasteiger charge is 2.32. The number of carboxylic acid groups (broad SMARTS) is 1. The monoisotopic (exact) mass is 509 g/mol. The quantitative estimate of drug-likeness (QED) is 0.186. The second-order valence-corrected chi connectivity index (χ2v) is 7.39. The zero-order chi connectivity index (χ0) is 26.3. The molecule has 0 unspecified atom stereocenters. The minimum Gasteiger partial charge on any atom is -0.475 e. The molecule has 0 saturated heterocycles. The van der Waals surface area contributed by atoms with Crippen molar-refractivity contribution in [2.45, 2.75) is 12.7 Å². The first-order valence-electron chi connectivity index (χ1n) is 9.96. The van der Waals surface area contributed by atoms with Crippen molar-refractivity contribution in [2.75, 3.05) is 0 Å². The predicted octanol–water partition coefficient (Wildman–Crippen LogP) is 6.36. The number of hydrogen-bond donors (Lipinski definition) is 1. The van der Waals surface area contributed by atoms with Crippen LogP contribution in [0.25, 0.3) is 27.7 Å². The summed E-state index contributed by atoms with van der Waals surface area (Å²) in [6, 6.07) is 14.3. The molecule has 0 saturated carbocycles. The zero-order valence-electron chi connectivity index (χ0n) is 17.7. The average molecular weight is 509 g/mol. The number of rotatable bonds is 6. The third kappa shape index (κ3) is 5.43. The van der Waals surface area contributed by atoms with E-state index in [0.29, 0.717) is 22.3 Å². The number of aliphatic carboxylic acids is 1. The Hall–Kier alpha value is -4.48. The lowest BCUT2D eigenvalue weighted by molar-refractivity contribution is -0.275. The van der Waals surface area contributed by atoms with Gasteiger partial charge in [0.05, 0.1) is 11.1 Å². The Morgan fingerprint density at radius 1 is 0.722 bits per heavy atom. The first-order valence-corrected chi connectivity index (χ1v) is 9.96. The van der Waals surface area contributed by atoms with Gasteiger partial charge in [-0.05, 0) is 59.7 Å². The van der Waals surface area contributed by atoms with E-state index in [1.165, 1.54) is 41.1 Å². The Morgan fingerprint density at radius 3 is 1.72 bits per heavy atom. The number of alkyl halides is 6. The fourth-order valence-electron chi connectivity index (χ4n) is 3.58. The first-order chi connectivity index (χ1) is 16.8. The lowest BCUT2D eigenvalue weighted by atomic mass is 10.0. The molecule has 1 heterocycles. The van der Waals surface area contributed by atoms with Crippen LogP contribution in [0.4, 0.5) is 26.3 Å². The Balaban J connectivity index is 1.76. The minimum absolute atomic E-state index is 0.188. The highest BCUT2D eigenvalue weighted by atomic mass is 19.4. The number of carboxylic acids is 1. The summed E-state index contributed by atoms with van der Waals surface area (Å²) in [5.41, 5.74) is 1.42. The van der Waals surface area contributed by atoms with Crippen LogP contribution < -0.4 is 9.47 Å². The number of aromatic nitrogens is 1. The SMILES string of the molecule is O=C(O)C(=O)c1cn(-c2ccc(OC(F)(F)F)cc2)c2ccc(-c3ccc(OC(F)(F)F)cc3)cc12. The molecule has 1 N–H and O–H groups in total. The van der Waals surface area contributed by atoms with Gasteiger partial charge in [0, 0.05) is 17.3 Å². The first kappa shape index (κ1) is 24.6. The lowest BCUT2D eigenvalue weighted by Crippen LogP contribution is -2.17. The summed E-state index contributed by atoms with van der Waals surface area (Å²) < 4.78 is 83.6. The number of benzene rings is 3. The van der Waals surface area contributed by atoms with Gasteiger partial charge in [-0.3, -0.25) is 4.79 Å². The summed E-state index contributed by atoms with van der Waals surface area (Å²) in [4.78, 5) is 23.7. The second-order valence-electron chi connectivity index (χ2n) is 7.39. The largest absolute Gasteiger partial charge is 0.573 e. The van der Waals surface area contributed by atoms with E-state index in [4.69, 9.17) is 0 Å². The molecule has 0 fully saturated rings. The number of halogens is 6. The molecule has 1 aromatic heterocycles. The van der Waals surface area contributed by atoms with Crippen molar-refractivity contribution in [3.8, 4) is 28.3 Å². The maximum Gasteiger partial charge on any atom is 0.573 e. The van der Waals surface area contributed by atoms with Crippen LogP contribution in [0.3, 0.4) is 0 Å². The van der Waals surface area contributed by atoms with E-state index >= 15 is 0 Å². The van der Waals surface area contributed by atoms with Gasteiger partial charge >= 0.3 is 18.7 Å². The molecule has 36 heavy (non-hydrogen) atoms. The number of nitrogens with zero attached hydrogens (tertiary/aromatic N) is 1. The summed E-state index contributed by atoms with van der Waals surface area (Å²) >= 11 is 0. The van der Waals surface area contributed by atoms with Crippen LogP contribution in [-0.4, -0.2) is 34.2 Å². The standard InChI is InChI=1S/C24H13F6NO5/c25-23(26,27)35-16-6-1-13(2-7-16)14-3-10-20-18(11-14)19(21(32)22(33)34)12-31(20)15-4-8-17(9-5-15)36-24(28,29)30/h1-12H,(H,33,34). The molecule has 0 radical (unpaired) electrons. The molecule has 6 nitrogen and oxygen atoms in total. The van der Waals surface area contributed by atoms with Crippen LogP contribution in [0.15, 0.2) is 72.9 Å². The molecule has 0 amide bonds. The third-order valence-corrected chi connectivity index (χ3v) is 5.01. The average Bonchev–Trinajstić information content (AvgIpc) is 3.16. The lowest BCUT2D eigenvalue weighted by Gasteiger charge is -2.11. The summed E-state index contributed by atoms with van der Waals surface area (Å²) in [6.07, 6.45) is -8.49. The van der Waals surface area contributed by atoms with Gasteiger partial charge in [-0.1, -0.05) is 18.2 Å². The van der Waals surface area contributed by atoms with Crippen LogP contribution in [0.2, 0.25) is 0 Å². The van der Waals surface area contributed by atoms with E-state index in [1.807, 2.05) is 0 Å². The van der Waals surface area contributed by atoms with Crippen molar-refractivity contribution >= 4 is 22.7 Å². The molecule has 0 aliphatic carbocycles. The van der Waals surface area contributed by atoms with E-state index in [0.717, 1.165) is 24.3 Å². The summed E-state index contributed by atoms with van der Waals surface area (Å²) in [7, 11) is 0. The third-order valence-electron chi connectivity index (χ3n) is 5.01. The number of carbonyl (C=O) groups is 2. The molecule has 0 aliphatic heterocycles. The van der Waals surface area contributed by atoms with Crippen molar-refractivity contribution < 1.29 is 50.5 Å². The van der Waals surface area contributed by atoms with Crippen molar-refractivity contribution in [3.63, 3.8) is 0 Å². The smallest absolute Gasteiger partial charge is 0.475 e. The maximum atomic E-state index is 12.4. The number of fused-ring (bicyclic) bond motifs is 1. The summed E-state index contributed by atoms with van der Waals surface area (Å²) in [6.45, 7) is 0. The molecule has 0 aliphatic rings. The highest BCUT2D eigenvalue weighted by molar-refractivity contribution is 6.42. The predicted molar refractivity (Wildman–Crippen MR) is 114 cm³/mol. The molecule has 12 heteroatoms. The molecule has 0 spiro atoms. The van der Waals surface area contributed by atoms with Crippen molar-refractivity contribution in [3.05, 3.63) is 78.5 Å². The molecule has 0 bridgehead atoms. The molecule has 186 valence electrons. The Bertz CT molecular complexity index is 1440. The van der Waals surface area contributed by atoms with Crippen molar-refractivity contribution in [1.82, 2.24) is 4.57 Å². The van der Waals surface area contributed by atoms with E-state index < -0.39 is 36.0 Å². The Labute approximate surface area is 197 Å². The number of ketones is 1. The van der Waals surface area contributed by atoms with E-state index in [1.54, 1.807) is 12.1 Å². The van der Waals surface area contributed by atoms with Gasteiger partial charge in [-0.25, -0.2) is 4.79 Å². The number of Topliss-reactive ketones (excluding diaryl/α,β-unsaturated/α-hetero) is 1. The normalized spacial score (nSPS) is 11.9. The minimum atomic E-state index is -4.88. The van der Waals surface area contributed by atoms with Gasteiger partial charge in [0.15, 0.2) is 0 Å². The number of carbonyl (C=O) groups excluding carboxylic acids is 1. The van der Waals surface area contributed by atoms with Gasteiger partial charge in [-0.2, -0.15) is 0 Å². The molecule has 4 aromatic rings. The van der Waals surface area contributed by atoms with E-state index in [9.17, 15) is 41.0 Å². The molecular weight excluding hydrogens is 496 g/mol. The van der Waals surface area contributed by atoms with Crippen LogP contribution in [0, 0.1) is 0 Å². The number of hydrogen-bond acceptors (Lipinski definition) is 4. The molecule has 4 rings (SSSR count). The van der Waals surface area contributed by atoms with E-state index in [-0.39, 0.29) is 10.9 Å². The summed E-state index contributed by atoms with van der Waals surface area (Å²) in [5, 5.41) is 9.46. The van der Waals surface area contributed by atoms with Gasteiger partial charge in [0.2, 0.25) is 0 Å². The Morgan fingerprint density at radius 2 is 1.22 bits per heavy atom. The van der Waals surface area contributed by atoms with Crippen LogP contribution >= 0.6 is 0 Å². The highest BCUT2D eigenvalue weighted by Crippen LogP contribution is 2.33. The van der Waals surface area contributed by atoms with Crippen molar-refractivity contribution in [1.29, 1.82) is 0 Å². The summed E-state index contributed by atoms with van der Waals surface area (Å²) in [5.74, 6) is -3.84. The van der Waals surface area contributed by atoms with Crippen molar-refractivity contribution in [2.24, 2.45) is 0 Å². The number of ether oxygens (including phenoxy) is 2.